The molecule has 0 radical (unpaired) electrons. The van der Waals surface area contributed by atoms with Crippen molar-refractivity contribution in [3.05, 3.63) is 35.4 Å². The van der Waals surface area contributed by atoms with Crippen molar-refractivity contribution in [2.24, 2.45) is 5.92 Å². The SMILES string of the molecule is COc1cc(/C=C/C(=O)O[C@@H]2CC[C@]3(CO3)[C@@H]([C@@]3(C)O[C@H]3CC=C(C)C)[C@@H]2OC)cc(OC)c1OCCO. The summed E-state index contributed by atoms with van der Waals surface area (Å²) in [5, 5.41) is 9.08. The molecule has 2 saturated heterocycles. The minimum Gasteiger partial charge on any atom is -0.493 e. The number of rotatable bonds is 12. The van der Waals surface area contributed by atoms with Gasteiger partial charge in [0.2, 0.25) is 5.75 Å². The predicted molar refractivity (Wildman–Crippen MR) is 141 cm³/mol. The van der Waals surface area contributed by atoms with Gasteiger partial charge in [-0.15, -0.1) is 0 Å². The van der Waals surface area contributed by atoms with E-state index in [0.717, 1.165) is 12.8 Å². The van der Waals surface area contributed by atoms with Crippen LogP contribution >= 0.6 is 0 Å². The zero-order chi connectivity index (χ0) is 27.5. The minimum atomic E-state index is -0.468. The summed E-state index contributed by atoms with van der Waals surface area (Å²) in [5.41, 5.74) is 1.26. The summed E-state index contributed by atoms with van der Waals surface area (Å²) in [7, 11) is 4.68. The number of benzene rings is 1. The number of carbonyl (C=O) groups is 1. The Morgan fingerprint density at radius 2 is 1.87 bits per heavy atom. The number of allylic oxidation sites excluding steroid dienone is 1. The highest BCUT2D eigenvalue weighted by Gasteiger charge is 2.72. The number of aliphatic hydroxyl groups excluding tert-OH is 1. The second kappa shape index (κ2) is 11.7. The van der Waals surface area contributed by atoms with Gasteiger partial charge in [-0.25, -0.2) is 4.79 Å². The molecule has 1 N–H and O–H groups in total. The standard InChI is InChI=1S/C29H40O9/c1-18(2)7-9-23-28(3,38-23)27-26(34-6)20(11-12-29(27)17-36-29)37-24(31)10-8-19-15-21(32-4)25(35-14-13-30)22(16-19)33-5/h7-8,10,15-16,20,23,26-27,30H,9,11-14,17H2,1-6H3/b10-8+/t20-,23+,26-,27-,28+,29+/m1/s1. The van der Waals surface area contributed by atoms with E-state index in [1.807, 2.05) is 0 Å². The maximum Gasteiger partial charge on any atom is 0.331 e. The Morgan fingerprint density at radius 3 is 2.42 bits per heavy atom. The van der Waals surface area contributed by atoms with Crippen molar-refractivity contribution in [1.82, 2.24) is 0 Å². The lowest BCUT2D eigenvalue weighted by Gasteiger charge is -2.42. The molecule has 0 aromatic heterocycles. The lowest BCUT2D eigenvalue weighted by Crippen LogP contribution is -2.55. The highest BCUT2D eigenvalue weighted by molar-refractivity contribution is 5.87. The lowest BCUT2D eigenvalue weighted by atomic mass is 9.68. The molecule has 6 atom stereocenters. The van der Waals surface area contributed by atoms with Crippen molar-refractivity contribution in [3.8, 4) is 17.2 Å². The van der Waals surface area contributed by atoms with Gasteiger partial charge in [0.15, 0.2) is 11.5 Å². The second-order valence-electron chi connectivity index (χ2n) is 10.5. The van der Waals surface area contributed by atoms with E-state index in [1.54, 1.807) is 25.3 Å². The molecular formula is C29H40O9. The third kappa shape index (κ3) is 5.86. The molecule has 9 heteroatoms. The fourth-order valence-corrected chi connectivity index (χ4v) is 5.71. The summed E-state index contributed by atoms with van der Waals surface area (Å²) in [6.45, 7) is 6.92. The van der Waals surface area contributed by atoms with Gasteiger partial charge in [0.05, 0.1) is 39.5 Å². The number of methoxy groups -OCH3 is 3. The molecule has 1 saturated carbocycles. The minimum absolute atomic E-state index is 0.0360. The molecule has 3 aliphatic rings. The second-order valence-corrected chi connectivity index (χ2v) is 10.5. The molecule has 1 aromatic carbocycles. The first-order valence-electron chi connectivity index (χ1n) is 13.1. The molecule has 0 unspecified atom stereocenters. The van der Waals surface area contributed by atoms with Gasteiger partial charge >= 0.3 is 5.97 Å². The maximum absolute atomic E-state index is 12.9. The third-order valence-electron chi connectivity index (χ3n) is 7.74. The Bertz CT molecular complexity index is 1030. The van der Waals surface area contributed by atoms with Crippen LogP contribution < -0.4 is 14.2 Å². The van der Waals surface area contributed by atoms with E-state index < -0.39 is 17.7 Å². The Hall–Kier alpha value is -2.59. The quantitative estimate of drug-likeness (QED) is 0.187. The highest BCUT2D eigenvalue weighted by atomic mass is 16.6. The van der Waals surface area contributed by atoms with Crippen molar-refractivity contribution in [2.75, 3.05) is 41.2 Å². The average molecular weight is 533 g/mol. The molecule has 210 valence electrons. The van der Waals surface area contributed by atoms with E-state index in [2.05, 4.69) is 26.8 Å². The highest BCUT2D eigenvalue weighted by Crippen LogP contribution is 2.59. The van der Waals surface area contributed by atoms with Crippen LogP contribution in [0.2, 0.25) is 0 Å². The number of esters is 1. The van der Waals surface area contributed by atoms with E-state index in [9.17, 15) is 4.79 Å². The van der Waals surface area contributed by atoms with Crippen molar-refractivity contribution in [1.29, 1.82) is 0 Å². The van der Waals surface area contributed by atoms with E-state index in [0.29, 0.717) is 35.8 Å². The molecular weight excluding hydrogens is 492 g/mol. The van der Waals surface area contributed by atoms with Gasteiger partial charge in [-0.2, -0.15) is 0 Å². The summed E-state index contributed by atoms with van der Waals surface area (Å²) in [5.74, 6) is 0.733. The molecule has 1 spiro atoms. The van der Waals surface area contributed by atoms with Crippen LogP contribution in [0.3, 0.4) is 0 Å². The van der Waals surface area contributed by atoms with Gasteiger partial charge in [0.1, 0.15) is 30.0 Å². The van der Waals surface area contributed by atoms with E-state index in [4.69, 9.17) is 38.3 Å². The van der Waals surface area contributed by atoms with Crippen LogP contribution in [-0.2, 0) is 23.7 Å². The van der Waals surface area contributed by atoms with Crippen molar-refractivity contribution < 1.29 is 43.1 Å². The summed E-state index contributed by atoms with van der Waals surface area (Å²) < 4.78 is 40.5. The lowest BCUT2D eigenvalue weighted by molar-refractivity contribution is -0.166. The van der Waals surface area contributed by atoms with Crippen molar-refractivity contribution in [3.63, 3.8) is 0 Å². The van der Waals surface area contributed by atoms with Crippen LogP contribution in [0.25, 0.3) is 6.08 Å². The molecule has 0 bridgehead atoms. The van der Waals surface area contributed by atoms with Gasteiger partial charge in [0, 0.05) is 13.2 Å². The molecule has 4 rings (SSSR count). The number of carbonyl (C=O) groups excluding carboxylic acids is 1. The van der Waals surface area contributed by atoms with Gasteiger partial charge in [-0.05, 0) is 63.8 Å². The number of hydrogen-bond donors (Lipinski definition) is 1. The molecule has 9 nitrogen and oxygen atoms in total. The fourth-order valence-electron chi connectivity index (χ4n) is 5.71. The van der Waals surface area contributed by atoms with E-state index in [-0.39, 0.29) is 36.9 Å². The fraction of sp³-hybridized carbons (Fsp3) is 0.621. The summed E-state index contributed by atoms with van der Waals surface area (Å²) >= 11 is 0. The van der Waals surface area contributed by atoms with Crippen LogP contribution in [-0.4, -0.2) is 81.7 Å². The first kappa shape index (κ1) is 28.4. The van der Waals surface area contributed by atoms with Crippen LogP contribution in [0, 0.1) is 5.92 Å². The smallest absolute Gasteiger partial charge is 0.331 e. The molecule has 38 heavy (non-hydrogen) atoms. The van der Waals surface area contributed by atoms with Gasteiger partial charge in [-0.3, -0.25) is 0 Å². The van der Waals surface area contributed by atoms with Crippen LogP contribution in [0.15, 0.2) is 29.9 Å². The number of aliphatic hydroxyl groups is 1. The molecule has 3 fully saturated rings. The predicted octanol–water partition coefficient (Wildman–Crippen LogP) is 3.71. The normalized spacial score (nSPS) is 31.7. The number of ether oxygens (including phenoxy) is 7. The van der Waals surface area contributed by atoms with Crippen LogP contribution in [0.4, 0.5) is 0 Å². The average Bonchev–Trinajstić information content (AvgIpc) is 3.82. The summed E-state index contributed by atoms with van der Waals surface area (Å²) in [4.78, 5) is 12.9. The molecule has 0 amide bonds. The molecule has 1 aromatic rings. The monoisotopic (exact) mass is 532 g/mol. The van der Waals surface area contributed by atoms with Gasteiger partial charge in [0.25, 0.3) is 0 Å². The maximum atomic E-state index is 12.9. The Labute approximate surface area is 224 Å². The van der Waals surface area contributed by atoms with Gasteiger partial charge in [-0.1, -0.05) is 11.6 Å². The van der Waals surface area contributed by atoms with E-state index >= 15 is 0 Å². The van der Waals surface area contributed by atoms with Crippen molar-refractivity contribution in [2.45, 2.75) is 69.5 Å². The van der Waals surface area contributed by atoms with Crippen LogP contribution in [0.1, 0.15) is 45.6 Å². The molecule has 2 heterocycles. The first-order valence-corrected chi connectivity index (χ1v) is 13.1. The van der Waals surface area contributed by atoms with Crippen molar-refractivity contribution >= 4 is 12.0 Å². The largest absolute Gasteiger partial charge is 0.493 e. The number of epoxide rings is 2. The summed E-state index contributed by atoms with van der Waals surface area (Å²) in [6, 6.07) is 3.44. The number of hydrogen-bond acceptors (Lipinski definition) is 9. The molecule has 1 aliphatic carbocycles. The first-order chi connectivity index (χ1) is 18.2. The zero-order valence-electron chi connectivity index (χ0n) is 23.2. The summed E-state index contributed by atoms with van der Waals surface area (Å²) in [6.07, 6.45) is 6.83. The molecule has 2 aliphatic heterocycles. The zero-order valence-corrected chi connectivity index (χ0v) is 23.2. The third-order valence-corrected chi connectivity index (χ3v) is 7.74. The Balaban J connectivity index is 1.46. The van der Waals surface area contributed by atoms with Gasteiger partial charge < -0.3 is 38.3 Å². The Kier molecular flexibility index (Phi) is 8.72. The Morgan fingerprint density at radius 1 is 1.18 bits per heavy atom. The topological polar surface area (TPSA) is 109 Å². The van der Waals surface area contributed by atoms with Crippen LogP contribution in [0.5, 0.6) is 17.2 Å². The van der Waals surface area contributed by atoms with E-state index in [1.165, 1.54) is 25.9 Å².